The van der Waals surface area contributed by atoms with E-state index in [1.807, 2.05) is 25.1 Å². The largest absolute Gasteiger partial charge is 0.336 e. The predicted molar refractivity (Wildman–Crippen MR) is 127 cm³/mol. The molecule has 4 rings (SSSR count). The van der Waals surface area contributed by atoms with Crippen LogP contribution in [0.15, 0.2) is 30.3 Å². The molecule has 0 atom stereocenters. The lowest BCUT2D eigenvalue weighted by atomic mass is 10.0. The first kappa shape index (κ1) is 22.2. The van der Waals surface area contributed by atoms with Gasteiger partial charge in [-0.1, -0.05) is 24.6 Å². The van der Waals surface area contributed by atoms with E-state index in [2.05, 4.69) is 13.0 Å². The molecule has 1 aliphatic heterocycles. The lowest BCUT2D eigenvalue weighted by Crippen LogP contribution is -2.50. The number of carbonyl (C=O) groups excluding carboxylic acids is 1. The van der Waals surface area contributed by atoms with Crippen molar-refractivity contribution in [1.82, 2.24) is 14.2 Å². The molecular formula is C22H24ClN3O3S2. The maximum absolute atomic E-state index is 13.5. The number of sulfonamides is 1. The maximum Gasteiger partial charge on any atom is 0.254 e. The van der Waals surface area contributed by atoms with E-state index >= 15 is 0 Å². The Labute approximate surface area is 191 Å². The number of benzene rings is 1. The molecule has 0 radical (unpaired) electrons. The Bertz CT molecular complexity index is 1260. The molecule has 1 saturated heterocycles. The van der Waals surface area contributed by atoms with Gasteiger partial charge in [-0.05, 0) is 43.2 Å². The zero-order valence-corrected chi connectivity index (χ0v) is 20.1. The van der Waals surface area contributed by atoms with Gasteiger partial charge in [0.15, 0.2) is 0 Å². The van der Waals surface area contributed by atoms with Crippen molar-refractivity contribution < 1.29 is 13.2 Å². The Morgan fingerprint density at radius 1 is 1.16 bits per heavy atom. The minimum absolute atomic E-state index is 0.115. The summed E-state index contributed by atoms with van der Waals surface area (Å²) < 4.78 is 25.0. The summed E-state index contributed by atoms with van der Waals surface area (Å²) in [6.45, 7) is 5.34. The van der Waals surface area contributed by atoms with Gasteiger partial charge in [0.25, 0.3) is 5.91 Å². The molecule has 0 saturated carbocycles. The Morgan fingerprint density at radius 3 is 2.48 bits per heavy atom. The normalized spacial score (nSPS) is 15.5. The van der Waals surface area contributed by atoms with Crippen LogP contribution in [0.2, 0.25) is 5.02 Å². The van der Waals surface area contributed by atoms with E-state index in [0.717, 1.165) is 33.5 Å². The molecule has 6 nitrogen and oxygen atoms in total. The van der Waals surface area contributed by atoms with E-state index in [0.29, 0.717) is 36.8 Å². The zero-order chi connectivity index (χ0) is 22.3. The average Bonchev–Trinajstić information content (AvgIpc) is 3.24. The fraction of sp³-hybridized carbons (Fsp3) is 0.364. The molecule has 1 aromatic carbocycles. The van der Waals surface area contributed by atoms with E-state index in [9.17, 15) is 13.2 Å². The number of aromatic nitrogens is 1. The zero-order valence-electron chi connectivity index (χ0n) is 17.7. The molecule has 0 aliphatic carbocycles. The number of rotatable bonds is 4. The number of pyridine rings is 1. The summed E-state index contributed by atoms with van der Waals surface area (Å²) in [6.07, 6.45) is 2.14. The lowest BCUT2D eigenvalue weighted by Gasteiger charge is -2.33. The second-order valence-corrected chi connectivity index (χ2v) is 11.3. The third-order valence-electron chi connectivity index (χ3n) is 5.66. The summed E-state index contributed by atoms with van der Waals surface area (Å²) in [5.41, 5.74) is 2.87. The minimum atomic E-state index is -3.26. The molecule has 0 spiro atoms. The fourth-order valence-electron chi connectivity index (χ4n) is 3.81. The number of nitrogens with zero attached hydrogens (tertiary/aromatic N) is 3. The maximum atomic E-state index is 13.5. The van der Waals surface area contributed by atoms with Crippen LogP contribution in [0.4, 0.5) is 0 Å². The first-order valence-electron chi connectivity index (χ1n) is 10.1. The summed E-state index contributed by atoms with van der Waals surface area (Å²) in [5, 5.41) is 1.37. The Kier molecular flexibility index (Phi) is 6.09. The summed E-state index contributed by atoms with van der Waals surface area (Å²) >= 11 is 8.03. The van der Waals surface area contributed by atoms with Gasteiger partial charge >= 0.3 is 0 Å². The number of amides is 1. The molecule has 3 aromatic rings. The van der Waals surface area contributed by atoms with Crippen molar-refractivity contribution in [1.29, 1.82) is 0 Å². The van der Waals surface area contributed by atoms with Crippen LogP contribution in [-0.2, 0) is 16.4 Å². The molecule has 1 fully saturated rings. The number of aryl methyl sites for hydroxylation is 2. The number of thiophene rings is 1. The van der Waals surface area contributed by atoms with Crippen molar-refractivity contribution in [3.63, 3.8) is 0 Å². The van der Waals surface area contributed by atoms with Crippen molar-refractivity contribution in [2.45, 2.75) is 20.3 Å². The highest BCUT2D eigenvalue weighted by Gasteiger charge is 2.28. The van der Waals surface area contributed by atoms with E-state index < -0.39 is 10.0 Å². The van der Waals surface area contributed by atoms with Crippen molar-refractivity contribution in [2.75, 3.05) is 32.4 Å². The number of hydrogen-bond donors (Lipinski definition) is 0. The lowest BCUT2D eigenvalue weighted by molar-refractivity contribution is 0.0700. The van der Waals surface area contributed by atoms with Crippen molar-refractivity contribution in [2.24, 2.45) is 0 Å². The Hall–Kier alpha value is -2.00. The summed E-state index contributed by atoms with van der Waals surface area (Å²) in [6, 6.07) is 9.61. The van der Waals surface area contributed by atoms with Gasteiger partial charge in [-0.15, -0.1) is 11.3 Å². The molecule has 0 N–H and O–H groups in total. The summed E-state index contributed by atoms with van der Waals surface area (Å²) in [4.78, 5) is 22.3. The molecule has 31 heavy (non-hydrogen) atoms. The highest BCUT2D eigenvalue weighted by molar-refractivity contribution is 7.88. The minimum Gasteiger partial charge on any atom is -0.336 e. The first-order chi connectivity index (χ1) is 14.7. The van der Waals surface area contributed by atoms with Crippen molar-refractivity contribution >= 4 is 49.8 Å². The monoisotopic (exact) mass is 477 g/mol. The number of piperazine rings is 1. The third-order valence-corrected chi connectivity index (χ3v) is 8.62. The summed E-state index contributed by atoms with van der Waals surface area (Å²) in [5.74, 6) is -0.115. The van der Waals surface area contributed by atoms with Gasteiger partial charge in [0, 0.05) is 41.5 Å². The SMILES string of the molecule is CCc1ccc(-c2cc(C(=O)N3CCN(S(C)(=O)=O)CC3)c3ccc(Cl)c(C)c3n2)s1. The Morgan fingerprint density at radius 2 is 1.87 bits per heavy atom. The van der Waals surface area contributed by atoms with Crippen molar-refractivity contribution in [3.05, 3.63) is 51.4 Å². The highest BCUT2D eigenvalue weighted by atomic mass is 35.5. The molecule has 2 aromatic heterocycles. The second-order valence-electron chi connectivity index (χ2n) is 7.70. The first-order valence-corrected chi connectivity index (χ1v) is 13.2. The molecule has 1 aliphatic rings. The molecule has 9 heteroatoms. The number of carbonyl (C=O) groups is 1. The standard InChI is InChI=1S/C22H24ClN3O3S2/c1-4-15-5-8-20(30-15)19-13-17(16-6-7-18(23)14(2)21(16)24-19)22(27)25-9-11-26(12-10-25)31(3,28)29/h5-8,13H,4,9-12H2,1-3H3. The summed E-state index contributed by atoms with van der Waals surface area (Å²) in [7, 11) is -3.26. The molecule has 0 unspecified atom stereocenters. The van der Waals surface area contributed by atoms with Gasteiger partial charge in [-0.25, -0.2) is 13.4 Å². The second kappa shape index (κ2) is 8.50. The Balaban J connectivity index is 1.77. The smallest absolute Gasteiger partial charge is 0.254 e. The number of halogens is 1. The van der Waals surface area contributed by atoms with Gasteiger partial charge in [0.05, 0.1) is 27.9 Å². The van der Waals surface area contributed by atoms with E-state index in [1.165, 1.54) is 15.4 Å². The van der Waals surface area contributed by atoms with Gasteiger partial charge in [0.2, 0.25) is 10.0 Å². The molecule has 1 amide bonds. The molecule has 0 bridgehead atoms. The van der Waals surface area contributed by atoms with Crippen LogP contribution < -0.4 is 0 Å². The quantitative estimate of drug-likeness (QED) is 0.564. The van der Waals surface area contributed by atoms with Crippen LogP contribution in [0.3, 0.4) is 0 Å². The van der Waals surface area contributed by atoms with E-state index in [-0.39, 0.29) is 5.91 Å². The van der Waals surface area contributed by atoms with Crippen LogP contribution in [0.5, 0.6) is 0 Å². The topological polar surface area (TPSA) is 70.6 Å². The van der Waals surface area contributed by atoms with Gasteiger partial charge in [-0.2, -0.15) is 4.31 Å². The van der Waals surface area contributed by atoms with Crippen LogP contribution in [0, 0.1) is 6.92 Å². The van der Waals surface area contributed by atoms with Crippen LogP contribution in [0.25, 0.3) is 21.5 Å². The third kappa shape index (κ3) is 4.35. The predicted octanol–water partition coefficient (Wildman–Crippen LogP) is 4.20. The van der Waals surface area contributed by atoms with Crippen molar-refractivity contribution in [3.8, 4) is 10.6 Å². The molecular weight excluding hydrogens is 454 g/mol. The fourth-order valence-corrected chi connectivity index (χ4v) is 5.69. The van der Waals surface area contributed by atoms with Crippen LogP contribution >= 0.6 is 22.9 Å². The van der Waals surface area contributed by atoms with Crippen LogP contribution in [-0.4, -0.2) is 60.9 Å². The average molecular weight is 478 g/mol. The molecule has 3 heterocycles. The van der Waals surface area contributed by atoms with E-state index in [1.54, 1.807) is 22.3 Å². The van der Waals surface area contributed by atoms with E-state index in [4.69, 9.17) is 16.6 Å². The van der Waals surface area contributed by atoms with Gasteiger partial charge in [-0.3, -0.25) is 4.79 Å². The molecule has 164 valence electrons. The highest BCUT2D eigenvalue weighted by Crippen LogP contribution is 2.33. The van der Waals surface area contributed by atoms with Gasteiger partial charge < -0.3 is 4.90 Å². The number of fused-ring (bicyclic) bond motifs is 1. The van der Waals surface area contributed by atoms with Crippen LogP contribution in [0.1, 0.15) is 27.7 Å². The number of hydrogen-bond acceptors (Lipinski definition) is 5. The van der Waals surface area contributed by atoms with Gasteiger partial charge in [0.1, 0.15) is 0 Å².